The highest BCUT2D eigenvalue weighted by Gasteiger charge is 2.14. The van der Waals surface area contributed by atoms with Gasteiger partial charge in [0.2, 0.25) is 0 Å². The topological polar surface area (TPSA) is 52.9 Å². The van der Waals surface area contributed by atoms with Crippen LogP contribution in [0.25, 0.3) is 0 Å². The Morgan fingerprint density at radius 3 is 2.09 bits per heavy atom. The molecule has 1 aliphatic carbocycles. The third kappa shape index (κ3) is 6.44. The van der Waals surface area contributed by atoms with Crippen LogP contribution in [-0.2, 0) is 0 Å². The van der Waals surface area contributed by atoms with Gasteiger partial charge in [-0.05, 0) is 31.0 Å². The molecule has 1 saturated carbocycles. The summed E-state index contributed by atoms with van der Waals surface area (Å²) in [6.07, 6.45) is 13.8. The summed E-state index contributed by atoms with van der Waals surface area (Å²) in [7, 11) is 0. The molecule has 1 fully saturated rings. The van der Waals surface area contributed by atoms with Crippen LogP contribution in [0, 0.1) is 11.3 Å². The van der Waals surface area contributed by atoms with Crippen LogP contribution in [0.4, 0.5) is 0 Å². The van der Waals surface area contributed by atoms with Gasteiger partial charge >= 0.3 is 0 Å². The van der Waals surface area contributed by atoms with Gasteiger partial charge in [0.05, 0.1) is 11.6 Å². The van der Waals surface area contributed by atoms with Crippen molar-refractivity contribution in [3.8, 4) is 6.07 Å². The number of carbonyl (C=O) groups is 1. The maximum atomic E-state index is 12.4. The molecule has 124 valence electrons. The van der Waals surface area contributed by atoms with Crippen molar-refractivity contribution in [1.29, 1.82) is 5.26 Å². The molecule has 0 heterocycles. The number of carbonyl (C=O) groups excluding carboxylic acids is 1. The summed E-state index contributed by atoms with van der Waals surface area (Å²) in [5, 5.41) is 12.1. The minimum atomic E-state index is -0.0424. The maximum absolute atomic E-state index is 12.4. The summed E-state index contributed by atoms with van der Waals surface area (Å²) < 4.78 is 0. The predicted octanol–water partition coefficient (Wildman–Crippen LogP) is 4.96. The zero-order valence-electron chi connectivity index (χ0n) is 14.0. The van der Waals surface area contributed by atoms with Gasteiger partial charge in [0, 0.05) is 11.6 Å². The lowest BCUT2D eigenvalue weighted by atomic mass is 9.97. The SMILES string of the molecule is N#Cc1cccc(C(=O)NC2CCCCCCCCCCC2)c1. The van der Waals surface area contributed by atoms with E-state index in [1.54, 1.807) is 24.3 Å². The molecule has 0 saturated heterocycles. The molecule has 3 nitrogen and oxygen atoms in total. The van der Waals surface area contributed by atoms with Crippen LogP contribution >= 0.6 is 0 Å². The second-order valence-corrected chi connectivity index (χ2v) is 6.62. The minimum absolute atomic E-state index is 0.0424. The minimum Gasteiger partial charge on any atom is -0.349 e. The van der Waals surface area contributed by atoms with Crippen LogP contribution in [0.2, 0.25) is 0 Å². The van der Waals surface area contributed by atoms with Gasteiger partial charge < -0.3 is 5.32 Å². The summed E-state index contributed by atoms with van der Waals surface area (Å²) in [5.74, 6) is -0.0424. The third-order valence-electron chi connectivity index (χ3n) is 4.69. The van der Waals surface area contributed by atoms with E-state index < -0.39 is 0 Å². The molecular formula is C20H28N2O. The fourth-order valence-corrected chi connectivity index (χ4v) is 3.31. The first kappa shape index (κ1) is 17.5. The number of amides is 1. The van der Waals surface area contributed by atoms with E-state index in [-0.39, 0.29) is 11.9 Å². The molecular weight excluding hydrogens is 284 g/mol. The molecule has 1 aromatic rings. The monoisotopic (exact) mass is 312 g/mol. The smallest absolute Gasteiger partial charge is 0.251 e. The van der Waals surface area contributed by atoms with Crippen molar-refractivity contribution in [3.63, 3.8) is 0 Å². The van der Waals surface area contributed by atoms with E-state index in [9.17, 15) is 4.79 Å². The molecule has 0 atom stereocenters. The van der Waals surface area contributed by atoms with Gasteiger partial charge in [0.15, 0.2) is 0 Å². The Morgan fingerprint density at radius 2 is 1.52 bits per heavy atom. The van der Waals surface area contributed by atoms with E-state index >= 15 is 0 Å². The van der Waals surface area contributed by atoms with E-state index in [0.717, 1.165) is 12.8 Å². The number of nitrogens with zero attached hydrogens (tertiary/aromatic N) is 1. The van der Waals surface area contributed by atoms with Crippen LogP contribution < -0.4 is 5.32 Å². The maximum Gasteiger partial charge on any atom is 0.251 e. The molecule has 0 aliphatic heterocycles. The third-order valence-corrected chi connectivity index (χ3v) is 4.69. The fraction of sp³-hybridized carbons (Fsp3) is 0.600. The lowest BCUT2D eigenvalue weighted by Gasteiger charge is -2.19. The normalized spacial score (nSPS) is 18.2. The Kier molecular flexibility index (Phi) is 7.66. The molecule has 0 radical (unpaired) electrons. The molecule has 3 heteroatoms. The summed E-state index contributed by atoms with van der Waals surface area (Å²) in [6.45, 7) is 0. The zero-order valence-corrected chi connectivity index (χ0v) is 14.0. The molecule has 0 spiro atoms. The number of benzene rings is 1. The molecule has 0 bridgehead atoms. The van der Waals surface area contributed by atoms with Crippen LogP contribution in [0.3, 0.4) is 0 Å². The van der Waals surface area contributed by atoms with Gasteiger partial charge in [-0.2, -0.15) is 5.26 Å². The van der Waals surface area contributed by atoms with Crippen LogP contribution in [0.5, 0.6) is 0 Å². The highest BCUT2D eigenvalue weighted by Crippen LogP contribution is 2.17. The standard InChI is InChI=1S/C20H28N2O/c21-16-17-11-10-12-18(15-17)20(23)22-19-13-8-6-4-2-1-3-5-7-9-14-19/h10-12,15,19H,1-9,13-14H2,(H,22,23). The van der Waals surface area contributed by atoms with E-state index in [4.69, 9.17) is 5.26 Å². The van der Waals surface area contributed by atoms with Crippen molar-refractivity contribution >= 4 is 5.91 Å². The lowest BCUT2D eigenvalue weighted by molar-refractivity contribution is 0.0931. The van der Waals surface area contributed by atoms with Gasteiger partial charge in [0.25, 0.3) is 5.91 Å². The van der Waals surface area contributed by atoms with Crippen LogP contribution in [0.15, 0.2) is 24.3 Å². The summed E-state index contributed by atoms with van der Waals surface area (Å²) in [4.78, 5) is 12.4. The molecule has 2 rings (SSSR count). The average molecular weight is 312 g/mol. The van der Waals surface area contributed by atoms with Crippen molar-refractivity contribution in [2.45, 2.75) is 76.7 Å². The van der Waals surface area contributed by atoms with Crippen molar-refractivity contribution < 1.29 is 4.79 Å². The highest BCUT2D eigenvalue weighted by atomic mass is 16.1. The molecule has 1 aromatic carbocycles. The summed E-state index contributed by atoms with van der Waals surface area (Å²) in [5.41, 5.74) is 1.13. The zero-order chi connectivity index (χ0) is 16.3. The Labute approximate surface area is 140 Å². The van der Waals surface area contributed by atoms with Crippen molar-refractivity contribution in [2.24, 2.45) is 0 Å². The first-order chi connectivity index (χ1) is 11.3. The molecule has 0 aromatic heterocycles. The number of nitrogens with one attached hydrogen (secondary N) is 1. The fourth-order valence-electron chi connectivity index (χ4n) is 3.31. The van der Waals surface area contributed by atoms with Crippen LogP contribution in [-0.4, -0.2) is 11.9 Å². The van der Waals surface area contributed by atoms with Crippen molar-refractivity contribution in [2.75, 3.05) is 0 Å². The molecule has 0 unspecified atom stereocenters. The Hall–Kier alpha value is -1.82. The van der Waals surface area contributed by atoms with E-state index in [1.807, 2.05) is 0 Å². The lowest BCUT2D eigenvalue weighted by Crippen LogP contribution is -2.35. The second kappa shape index (κ2) is 10.0. The van der Waals surface area contributed by atoms with Gasteiger partial charge in [-0.25, -0.2) is 0 Å². The quantitative estimate of drug-likeness (QED) is 0.839. The second-order valence-electron chi connectivity index (χ2n) is 6.62. The average Bonchev–Trinajstić information content (AvgIpc) is 2.57. The molecule has 1 aliphatic rings. The number of rotatable bonds is 2. The first-order valence-electron chi connectivity index (χ1n) is 9.10. The van der Waals surface area contributed by atoms with E-state index in [0.29, 0.717) is 11.1 Å². The van der Waals surface area contributed by atoms with E-state index in [2.05, 4.69) is 11.4 Å². The van der Waals surface area contributed by atoms with Gasteiger partial charge in [-0.15, -0.1) is 0 Å². The first-order valence-corrected chi connectivity index (χ1v) is 9.10. The van der Waals surface area contributed by atoms with E-state index in [1.165, 1.54) is 57.8 Å². The van der Waals surface area contributed by atoms with Crippen molar-refractivity contribution in [3.05, 3.63) is 35.4 Å². The van der Waals surface area contributed by atoms with Crippen molar-refractivity contribution in [1.82, 2.24) is 5.32 Å². The Morgan fingerprint density at radius 1 is 0.957 bits per heavy atom. The molecule has 23 heavy (non-hydrogen) atoms. The number of hydrogen-bond donors (Lipinski definition) is 1. The van der Waals surface area contributed by atoms with Gasteiger partial charge in [-0.3, -0.25) is 4.79 Å². The van der Waals surface area contributed by atoms with Gasteiger partial charge in [-0.1, -0.05) is 63.9 Å². The molecule has 1 amide bonds. The highest BCUT2D eigenvalue weighted by molar-refractivity contribution is 5.94. The van der Waals surface area contributed by atoms with Crippen LogP contribution in [0.1, 0.15) is 86.6 Å². The summed E-state index contributed by atoms with van der Waals surface area (Å²) >= 11 is 0. The number of nitriles is 1. The predicted molar refractivity (Wildman–Crippen MR) is 93.2 cm³/mol. The Balaban J connectivity index is 1.91. The Bertz CT molecular complexity index is 521. The summed E-state index contributed by atoms with van der Waals surface area (Å²) in [6, 6.07) is 9.32. The van der Waals surface area contributed by atoms with Gasteiger partial charge in [0.1, 0.15) is 0 Å². The number of hydrogen-bond acceptors (Lipinski definition) is 2. The molecule has 1 N–H and O–H groups in total. The largest absolute Gasteiger partial charge is 0.349 e.